The van der Waals surface area contributed by atoms with Crippen LogP contribution in [-0.2, 0) is 9.59 Å². The Kier molecular flexibility index (Phi) is 5.97. The van der Waals surface area contributed by atoms with Gasteiger partial charge in [0, 0.05) is 33.1 Å². The predicted molar refractivity (Wildman–Crippen MR) is 66.6 cm³/mol. The number of nitrogens with zero attached hydrogens (tertiary/aromatic N) is 2. The Morgan fingerprint density at radius 2 is 2.18 bits per heavy atom. The molecule has 0 aromatic rings. The van der Waals surface area contributed by atoms with Crippen LogP contribution in [0.2, 0.25) is 0 Å². The molecule has 5 nitrogen and oxygen atoms in total. The number of carbonyl (C=O) groups is 2. The molecule has 0 bridgehead atoms. The summed E-state index contributed by atoms with van der Waals surface area (Å²) < 4.78 is 0. The van der Waals surface area contributed by atoms with E-state index in [-0.39, 0.29) is 18.4 Å². The highest BCUT2D eigenvalue weighted by molar-refractivity contribution is 5.84. The first-order chi connectivity index (χ1) is 8.15. The van der Waals surface area contributed by atoms with E-state index in [9.17, 15) is 9.59 Å². The van der Waals surface area contributed by atoms with E-state index in [1.807, 2.05) is 7.05 Å². The Morgan fingerprint density at radius 1 is 1.41 bits per heavy atom. The molecule has 1 aliphatic heterocycles. The van der Waals surface area contributed by atoms with E-state index >= 15 is 0 Å². The van der Waals surface area contributed by atoms with Gasteiger partial charge >= 0.3 is 0 Å². The molecule has 1 rings (SSSR count). The van der Waals surface area contributed by atoms with E-state index in [2.05, 4.69) is 5.32 Å². The fraction of sp³-hybridized carbons (Fsp3) is 0.833. The molecular formula is C12H23N3O2. The molecule has 0 aromatic heterocycles. The number of rotatable bonds is 5. The van der Waals surface area contributed by atoms with Gasteiger partial charge in [-0.2, -0.15) is 0 Å². The van der Waals surface area contributed by atoms with Gasteiger partial charge in [0.2, 0.25) is 11.8 Å². The highest BCUT2D eigenvalue weighted by Gasteiger charge is 2.20. The number of hydrogen-bond donors (Lipinski definition) is 1. The molecule has 0 radical (unpaired) electrons. The monoisotopic (exact) mass is 241 g/mol. The normalized spacial score (nSPS) is 16.8. The molecule has 1 N–H and O–H groups in total. The smallest absolute Gasteiger partial charge is 0.241 e. The van der Waals surface area contributed by atoms with Crippen molar-refractivity contribution in [2.24, 2.45) is 0 Å². The molecule has 1 heterocycles. The van der Waals surface area contributed by atoms with E-state index < -0.39 is 0 Å². The number of likely N-dealkylation sites (tertiary alicyclic amines) is 1. The number of likely N-dealkylation sites (N-methyl/N-ethyl adjacent to an activating group) is 2. The van der Waals surface area contributed by atoms with E-state index in [0.29, 0.717) is 13.0 Å². The minimum atomic E-state index is 0.0236. The lowest BCUT2D eigenvalue weighted by Crippen LogP contribution is -2.42. The summed E-state index contributed by atoms with van der Waals surface area (Å²) in [6.07, 6.45) is 3.65. The van der Waals surface area contributed by atoms with Crippen LogP contribution in [0.25, 0.3) is 0 Å². The Balaban J connectivity index is 2.40. The summed E-state index contributed by atoms with van der Waals surface area (Å²) in [5, 5.41) is 3.00. The third-order valence-electron chi connectivity index (χ3n) is 3.12. The highest BCUT2D eigenvalue weighted by atomic mass is 16.2. The van der Waals surface area contributed by atoms with Crippen LogP contribution < -0.4 is 5.32 Å². The zero-order valence-electron chi connectivity index (χ0n) is 10.9. The fourth-order valence-electron chi connectivity index (χ4n) is 1.89. The lowest BCUT2D eigenvalue weighted by atomic mass is 10.2. The molecule has 0 spiro atoms. The van der Waals surface area contributed by atoms with Gasteiger partial charge in [-0.1, -0.05) is 6.42 Å². The summed E-state index contributed by atoms with van der Waals surface area (Å²) in [6, 6.07) is 0. The summed E-state index contributed by atoms with van der Waals surface area (Å²) in [4.78, 5) is 27.0. The van der Waals surface area contributed by atoms with Gasteiger partial charge in [0.1, 0.15) is 0 Å². The van der Waals surface area contributed by atoms with Crippen LogP contribution in [0.15, 0.2) is 0 Å². The molecule has 1 aliphatic rings. The molecule has 2 amide bonds. The Labute approximate surface area is 103 Å². The molecule has 0 aromatic carbocycles. The Hall–Kier alpha value is -1.10. The first-order valence-electron chi connectivity index (χ1n) is 6.31. The van der Waals surface area contributed by atoms with Gasteiger partial charge in [-0.25, -0.2) is 0 Å². The summed E-state index contributed by atoms with van der Waals surface area (Å²) in [6.45, 7) is 2.41. The maximum atomic E-state index is 11.9. The number of amides is 2. The fourth-order valence-corrected chi connectivity index (χ4v) is 1.89. The van der Waals surface area contributed by atoms with Gasteiger partial charge < -0.3 is 15.1 Å². The molecule has 0 aliphatic carbocycles. The zero-order valence-corrected chi connectivity index (χ0v) is 10.9. The summed E-state index contributed by atoms with van der Waals surface area (Å²) in [5.74, 6) is 0.147. The van der Waals surface area contributed by atoms with E-state index in [0.717, 1.165) is 32.4 Å². The second kappa shape index (κ2) is 7.27. The average Bonchev–Trinajstić information content (AvgIpc) is 2.52. The lowest BCUT2D eigenvalue weighted by Gasteiger charge is -2.24. The van der Waals surface area contributed by atoms with Crippen LogP contribution in [0.1, 0.15) is 25.7 Å². The maximum absolute atomic E-state index is 11.9. The molecule has 0 unspecified atom stereocenters. The molecule has 5 heteroatoms. The van der Waals surface area contributed by atoms with Crippen molar-refractivity contribution in [1.82, 2.24) is 15.1 Å². The Bertz CT molecular complexity index is 268. The number of hydrogen-bond acceptors (Lipinski definition) is 3. The molecule has 1 fully saturated rings. The van der Waals surface area contributed by atoms with E-state index in [1.165, 1.54) is 0 Å². The summed E-state index contributed by atoms with van der Waals surface area (Å²) in [5.41, 5.74) is 0. The predicted octanol–water partition coefficient (Wildman–Crippen LogP) is 0.0668. The summed E-state index contributed by atoms with van der Waals surface area (Å²) in [7, 11) is 3.64. The molecule has 0 atom stereocenters. The minimum Gasteiger partial charge on any atom is -0.343 e. The Morgan fingerprint density at radius 3 is 2.88 bits per heavy atom. The number of carbonyl (C=O) groups excluding carboxylic acids is 2. The van der Waals surface area contributed by atoms with Crippen molar-refractivity contribution in [2.75, 3.05) is 40.3 Å². The van der Waals surface area contributed by atoms with E-state index in [1.54, 1.807) is 16.8 Å². The molecule has 1 saturated heterocycles. The van der Waals surface area contributed by atoms with Crippen molar-refractivity contribution in [3.8, 4) is 0 Å². The first-order valence-corrected chi connectivity index (χ1v) is 6.31. The van der Waals surface area contributed by atoms with Crippen LogP contribution in [0, 0.1) is 0 Å². The van der Waals surface area contributed by atoms with Gasteiger partial charge in [-0.15, -0.1) is 0 Å². The van der Waals surface area contributed by atoms with Crippen LogP contribution in [-0.4, -0.2) is 61.9 Å². The zero-order chi connectivity index (χ0) is 12.7. The van der Waals surface area contributed by atoms with Crippen LogP contribution in [0.3, 0.4) is 0 Å². The van der Waals surface area contributed by atoms with Gasteiger partial charge in [0.05, 0.1) is 6.54 Å². The summed E-state index contributed by atoms with van der Waals surface area (Å²) >= 11 is 0. The molecule has 0 saturated carbocycles. The second-order valence-electron chi connectivity index (χ2n) is 4.54. The van der Waals surface area contributed by atoms with Crippen molar-refractivity contribution in [3.63, 3.8) is 0 Å². The third-order valence-corrected chi connectivity index (χ3v) is 3.12. The molecule has 98 valence electrons. The highest BCUT2D eigenvalue weighted by Crippen LogP contribution is 2.10. The minimum absolute atomic E-state index is 0.0236. The van der Waals surface area contributed by atoms with Crippen molar-refractivity contribution < 1.29 is 9.59 Å². The van der Waals surface area contributed by atoms with Crippen molar-refractivity contribution in [2.45, 2.75) is 25.7 Å². The van der Waals surface area contributed by atoms with Crippen molar-refractivity contribution in [1.29, 1.82) is 0 Å². The van der Waals surface area contributed by atoms with Crippen molar-refractivity contribution >= 4 is 11.8 Å². The largest absolute Gasteiger partial charge is 0.343 e. The van der Waals surface area contributed by atoms with Gasteiger partial charge in [-0.3, -0.25) is 9.59 Å². The number of nitrogens with one attached hydrogen (secondary N) is 1. The average molecular weight is 241 g/mol. The second-order valence-corrected chi connectivity index (χ2v) is 4.54. The lowest BCUT2D eigenvalue weighted by molar-refractivity contribution is -0.139. The standard InChI is InChI=1S/C12H23N3O2/c1-13-7-9-14(2)12(17)10-15-8-5-3-4-6-11(15)16/h13H,3-10H2,1-2H3. The maximum Gasteiger partial charge on any atom is 0.241 e. The quantitative estimate of drug-likeness (QED) is 0.741. The molecular weight excluding hydrogens is 218 g/mol. The van der Waals surface area contributed by atoms with Gasteiger partial charge in [0.15, 0.2) is 0 Å². The van der Waals surface area contributed by atoms with E-state index in [4.69, 9.17) is 0 Å². The van der Waals surface area contributed by atoms with Crippen molar-refractivity contribution in [3.05, 3.63) is 0 Å². The topological polar surface area (TPSA) is 52.7 Å². The van der Waals surface area contributed by atoms with Gasteiger partial charge in [-0.05, 0) is 19.9 Å². The third kappa shape index (κ3) is 4.73. The first kappa shape index (κ1) is 14.0. The SMILES string of the molecule is CNCCN(C)C(=O)CN1CCCCCC1=O. The van der Waals surface area contributed by atoms with Crippen LogP contribution in [0.5, 0.6) is 0 Å². The van der Waals surface area contributed by atoms with Crippen LogP contribution in [0.4, 0.5) is 0 Å². The van der Waals surface area contributed by atoms with Gasteiger partial charge in [0.25, 0.3) is 0 Å². The molecule has 17 heavy (non-hydrogen) atoms. The van der Waals surface area contributed by atoms with Crippen LogP contribution >= 0.6 is 0 Å².